The van der Waals surface area contributed by atoms with Crippen molar-refractivity contribution in [3.63, 3.8) is 0 Å². The van der Waals surface area contributed by atoms with Crippen LogP contribution in [0.15, 0.2) is 18.5 Å². The lowest BCUT2D eigenvalue weighted by Crippen LogP contribution is -2.39. The monoisotopic (exact) mass is 279 g/mol. The fourth-order valence-electron chi connectivity index (χ4n) is 2.73. The Morgan fingerprint density at radius 3 is 2.75 bits per heavy atom. The van der Waals surface area contributed by atoms with E-state index >= 15 is 0 Å². The van der Waals surface area contributed by atoms with Crippen molar-refractivity contribution < 1.29 is 14.9 Å². The highest BCUT2D eigenvalue weighted by atomic mass is 16.5. The maximum atomic E-state index is 10.7. The summed E-state index contributed by atoms with van der Waals surface area (Å²) in [6.45, 7) is 4.85. The Morgan fingerprint density at radius 2 is 2.10 bits per heavy atom. The minimum atomic E-state index is -1.03. The Labute approximate surface area is 120 Å². The van der Waals surface area contributed by atoms with Gasteiger partial charge in [0, 0.05) is 11.8 Å². The summed E-state index contributed by atoms with van der Waals surface area (Å²) < 4.78 is 5.53. The van der Waals surface area contributed by atoms with Crippen molar-refractivity contribution in [1.82, 2.24) is 4.98 Å². The van der Waals surface area contributed by atoms with Gasteiger partial charge in [-0.05, 0) is 44.1 Å². The van der Waals surface area contributed by atoms with E-state index in [4.69, 9.17) is 4.74 Å². The molecule has 0 spiro atoms. The van der Waals surface area contributed by atoms with E-state index in [2.05, 4.69) is 11.9 Å². The molecule has 112 valence electrons. The van der Waals surface area contributed by atoms with Crippen molar-refractivity contribution in [1.29, 1.82) is 0 Å². The zero-order chi connectivity index (χ0) is 14.6. The van der Waals surface area contributed by atoms with E-state index in [1.807, 2.05) is 6.92 Å². The molecule has 1 fully saturated rings. The Kier molecular flexibility index (Phi) is 5.00. The highest BCUT2D eigenvalue weighted by Gasteiger charge is 2.39. The van der Waals surface area contributed by atoms with Gasteiger partial charge in [0.1, 0.15) is 11.9 Å². The van der Waals surface area contributed by atoms with Crippen LogP contribution in [0, 0.1) is 5.92 Å². The average molecular weight is 279 g/mol. The number of ether oxygens (including phenoxy) is 1. The van der Waals surface area contributed by atoms with Gasteiger partial charge in [-0.1, -0.05) is 13.8 Å². The fourth-order valence-corrected chi connectivity index (χ4v) is 2.73. The molecule has 1 aromatic heterocycles. The Hall–Kier alpha value is -1.13. The lowest BCUT2D eigenvalue weighted by atomic mass is 9.75. The summed E-state index contributed by atoms with van der Waals surface area (Å²) in [7, 11) is 0. The van der Waals surface area contributed by atoms with Crippen molar-refractivity contribution in [2.45, 2.75) is 57.7 Å². The molecule has 1 aliphatic rings. The smallest absolute Gasteiger partial charge is 0.137 e. The number of hydrogen-bond acceptors (Lipinski definition) is 4. The van der Waals surface area contributed by atoms with Crippen LogP contribution in [0.2, 0.25) is 0 Å². The SMILES string of the molecule is CCCOc1cncc(C(O)C2(O)CCC(C)CC2)c1. The van der Waals surface area contributed by atoms with Crippen LogP contribution in [0.4, 0.5) is 0 Å². The number of nitrogens with zero attached hydrogens (tertiary/aromatic N) is 1. The molecule has 1 aromatic rings. The van der Waals surface area contributed by atoms with E-state index in [1.165, 1.54) is 0 Å². The van der Waals surface area contributed by atoms with Crippen molar-refractivity contribution in [2.75, 3.05) is 6.61 Å². The first-order chi connectivity index (χ1) is 9.55. The lowest BCUT2D eigenvalue weighted by molar-refractivity contribution is -0.105. The molecule has 4 nitrogen and oxygen atoms in total. The summed E-state index contributed by atoms with van der Waals surface area (Å²) in [5.74, 6) is 1.27. The minimum Gasteiger partial charge on any atom is -0.492 e. The highest BCUT2D eigenvalue weighted by Crippen LogP contribution is 2.40. The molecule has 0 bridgehead atoms. The van der Waals surface area contributed by atoms with Crippen molar-refractivity contribution in [3.05, 3.63) is 24.0 Å². The molecular weight excluding hydrogens is 254 g/mol. The summed E-state index contributed by atoms with van der Waals surface area (Å²) in [5.41, 5.74) is -0.395. The number of rotatable bonds is 5. The number of pyridine rings is 1. The first kappa shape index (κ1) is 15.3. The van der Waals surface area contributed by atoms with E-state index in [0.29, 0.717) is 36.7 Å². The van der Waals surface area contributed by atoms with Gasteiger partial charge in [0.15, 0.2) is 0 Å². The highest BCUT2D eigenvalue weighted by molar-refractivity contribution is 5.27. The predicted octanol–water partition coefficient (Wildman–Crippen LogP) is 2.85. The Morgan fingerprint density at radius 1 is 1.40 bits per heavy atom. The minimum absolute atomic E-state index is 0.625. The summed E-state index contributed by atoms with van der Waals surface area (Å²) in [4.78, 5) is 4.10. The van der Waals surface area contributed by atoms with Gasteiger partial charge < -0.3 is 14.9 Å². The van der Waals surface area contributed by atoms with Gasteiger partial charge in [-0.3, -0.25) is 4.98 Å². The summed E-state index contributed by atoms with van der Waals surface area (Å²) in [6.07, 6.45) is 6.45. The molecule has 0 radical (unpaired) electrons. The maximum absolute atomic E-state index is 10.7. The van der Waals surface area contributed by atoms with Gasteiger partial charge >= 0.3 is 0 Å². The van der Waals surface area contributed by atoms with Crippen LogP contribution in [0.5, 0.6) is 5.75 Å². The predicted molar refractivity (Wildman–Crippen MR) is 77.6 cm³/mol. The fraction of sp³-hybridized carbons (Fsp3) is 0.688. The summed E-state index contributed by atoms with van der Waals surface area (Å²) in [5, 5.41) is 21.2. The van der Waals surface area contributed by atoms with Crippen LogP contribution < -0.4 is 4.74 Å². The van der Waals surface area contributed by atoms with Gasteiger partial charge in [0.05, 0.1) is 18.4 Å². The second-order valence-electron chi connectivity index (χ2n) is 5.99. The molecule has 2 rings (SSSR count). The second-order valence-corrected chi connectivity index (χ2v) is 5.99. The molecule has 1 atom stereocenters. The molecule has 4 heteroatoms. The maximum Gasteiger partial charge on any atom is 0.137 e. The third-order valence-electron chi connectivity index (χ3n) is 4.17. The van der Waals surface area contributed by atoms with Crippen LogP contribution in [-0.2, 0) is 0 Å². The van der Waals surface area contributed by atoms with Crippen LogP contribution in [0.1, 0.15) is 57.6 Å². The Balaban J connectivity index is 2.09. The van der Waals surface area contributed by atoms with Crippen molar-refractivity contribution in [2.24, 2.45) is 5.92 Å². The van der Waals surface area contributed by atoms with Crippen molar-refractivity contribution >= 4 is 0 Å². The zero-order valence-electron chi connectivity index (χ0n) is 12.4. The van der Waals surface area contributed by atoms with E-state index in [1.54, 1.807) is 18.5 Å². The molecule has 1 heterocycles. The van der Waals surface area contributed by atoms with Gasteiger partial charge in [-0.2, -0.15) is 0 Å². The third kappa shape index (κ3) is 3.49. The summed E-state index contributed by atoms with van der Waals surface area (Å²) in [6, 6.07) is 1.78. The number of aliphatic hydroxyl groups excluding tert-OH is 1. The number of aromatic nitrogens is 1. The molecular formula is C16H25NO3. The molecule has 1 unspecified atom stereocenters. The lowest BCUT2D eigenvalue weighted by Gasteiger charge is -2.38. The van der Waals surface area contributed by atoms with E-state index < -0.39 is 11.7 Å². The molecule has 20 heavy (non-hydrogen) atoms. The van der Waals surface area contributed by atoms with Crippen LogP contribution in [0.25, 0.3) is 0 Å². The van der Waals surface area contributed by atoms with Gasteiger partial charge in [0.25, 0.3) is 0 Å². The standard InChI is InChI=1S/C16H25NO3/c1-3-8-20-14-9-13(10-17-11-14)15(18)16(19)6-4-12(2)5-7-16/h9-12,15,18-19H,3-8H2,1-2H3. The molecule has 0 saturated heterocycles. The molecule has 2 N–H and O–H groups in total. The summed E-state index contributed by atoms with van der Waals surface area (Å²) >= 11 is 0. The zero-order valence-corrected chi connectivity index (χ0v) is 12.4. The van der Waals surface area contributed by atoms with E-state index in [9.17, 15) is 10.2 Å². The quantitative estimate of drug-likeness (QED) is 0.870. The Bertz CT molecular complexity index is 427. The van der Waals surface area contributed by atoms with Crippen LogP contribution in [-0.4, -0.2) is 27.4 Å². The normalized spacial score (nSPS) is 28.1. The molecule has 0 aliphatic heterocycles. The molecule has 1 saturated carbocycles. The van der Waals surface area contributed by atoms with Gasteiger partial charge in [0.2, 0.25) is 0 Å². The molecule has 0 amide bonds. The first-order valence-corrected chi connectivity index (χ1v) is 7.53. The topological polar surface area (TPSA) is 62.6 Å². The third-order valence-corrected chi connectivity index (χ3v) is 4.17. The molecule has 0 aromatic carbocycles. The second kappa shape index (κ2) is 6.55. The van der Waals surface area contributed by atoms with Gasteiger partial charge in [-0.15, -0.1) is 0 Å². The molecule has 1 aliphatic carbocycles. The van der Waals surface area contributed by atoms with Crippen molar-refractivity contribution in [3.8, 4) is 5.75 Å². The van der Waals surface area contributed by atoms with Gasteiger partial charge in [-0.25, -0.2) is 0 Å². The number of hydrogen-bond donors (Lipinski definition) is 2. The van der Waals surface area contributed by atoms with E-state index in [-0.39, 0.29) is 0 Å². The van der Waals surface area contributed by atoms with E-state index in [0.717, 1.165) is 19.3 Å². The number of aliphatic hydroxyl groups is 2. The first-order valence-electron chi connectivity index (χ1n) is 7.53. The average Bonchev–Trinajstić information content (AvgIpc) is 2.48. The largest absolute Gasteiger partial charge is 0.492 e. The van der Waals surface area contributed by atoms with Crippen LogP contribution >= 0.6 is 0 Å². The van der Waals surface area contributed by atoms with Crippen LogP contribution in [0.3, 0.4) is 0 Å².